The summed E-state index contributed by atoms with van der Waals surface area (Å²) in [6.07, 6.45) is -4.57. The molecule has 0 aliphatic rings. The summed E-state index contributed by atoms with van der Waals surface area (Å²) in [7, 11) is 0. The molecule has 0 heterocycles. The van der Waals surface area contributed by atoms with E-state index in [4.69, 9.17) is 10.8 Å². The highest BCUT2D eigenvalue weighted by Gasteiger charge is 2.41. The minimum Gasteiger partial charge on any atom is -0.481 e. The predicted octanol–water partition coefficient (Wildman–Crippen LogP) is 0.195. The van der Waals surface area contributed by atoms with Crippen molar-refractivity contribution in [1.29, 1.82) is 0 Å². The third-order valence-corrected chi connectivity index (χ3v) is 1.82. The summed E-state index contributed by atoms with van der Waals surface area (Å²) in [6.45, 7) is -1.54. The molecule has 1 amide bonds. The molecule has 0 aliphatic carbocycles. The summed E-state index contributed by atoms with van der Waals surface area (Å²) in [5.41, 5.74) is 5.16. The van der Waals surface area contributed by atoms with Crippen molar-refractivity contribution in [3.8, 4) is 0 Å². The van der Waals surface area contributed by atoms with E-state index in [0.29, 0.717) is 0 Å². The van der Waals surface area contributed by atoms with Gasteiger partial charge in [-0.2, -0.15) is 8.78 Å². The number of halogens is 4. The normalized spacial score (nSPS) is 13.5. The van der Waals surface area contributed by atoms with Crippen LogP contribution in [0.3, 0.4) is 0 Å². The fourth-order valence-electron chi connectivity index (χ4n) is 0.823. The number of nitrogens with two attached hydrogens (primary N) is 1. The number of amides is 1. The van der Waals surface area contributed by atoms with Crippen molar-refractivity contribution in [2.75, 3.05) is 6.54 Å². The van der Waals surface area contributed by atoms with Crippen LogP contribution in [0.15, 0.2) is 0 Å². The zero-order valence-corrected chi connectivity index (χ0v) is 8.63. The third kappa shape index (κ3) is 6.05. The van der Waals surface area contributed by atoms with Crippen molar-refractivity contribution >= 4 is 11.9 Å². The van der Waals surface area contributed by atoms with Crippen LogP contribution in [0.1, 0.15) is 12.8 Å². The zero-order chi connectivity index (χ0) is 13.6. The molecule has 0 aromatic carbocycles. The number of carboxylic acids is 1. The molecule has 0 saturated heterocycles. The van der Waals surface area contributed by atoms with Gasteiger partial charge in [0.1, 0.15) is 0 Å². The lowest BCUT2D eigenvalue weighted by molar-refractivity contribution is -0.138. The van der Waals surface area contributed by atoms with E-state index in [1.807, 2.05) is 0 Å². The van der Waals surface area contributed by atoms with Crippen LogP contribution in [0.4, 0.5) is 17.6 Å². The van der Waals surface area contributed by atoms with Crippen LogP contribution >= 0.6 is 0 Å². The summed E-state index contributed by atoms with van der Waals surface area (Å²) >= 11 is 0. The summed E-state index contributed by atoms with van der Waals surface area (Å²) in [4.78, 5) is 21.1. The van der Waals surface area contributed by atoms with Crippen molar-refractivity contribution in [3.05, 3.63) is 0 Å². The van der Waals surface area contributed by atoms with Crippen LogP contribution in [0, 0.1) is 0 Å². The average Bonchev–Trinajstić information content (AvgIpc) is 2.22. The zero-order valence-electron chi connectivity index (χ0n) is 8.63. The second-order valence-corrected chi connectivity index (χ2v) is 3.32. The van der Waals surface area contributed by atoms with Gasteiger partial charge >= 0.3 is 18.3 Å². The van der Waals surface area contributed by atoms with E-state index in [-0.39, 0.29) is 6.42 Å². The molecule has 0 radical (unpaired) electrons. The molecule has 0 aromatic heterocycles. The first kappa shape index (κ1) is 15.6. The van der Waals surface area contributed by atoms with Gasteiger partial charge in [-0.3, -0.25) is 9.59 Å². The highest BCUT2D eigenvalue weighted by Crippen LogP contribution is 2.21. The molecule has 1 unspecified atom stereocenters. The molecule has 0 spiro atoms. The van der Waals surface area contributed by atoms with E-state index in [1.165, 1.54) is 0 Å². The van der Waals surface area contributed by atoms with Crippen LogP contribution in [0.2, 0.25) is 0 Å². The molecular formula is C8H12F4N2O3. The maximum absolute atomic E-state index is 12.4. The van der Waals surface area contributed by atoms with E-state index < -0.39 is 43.2 Å². The van der Waals surface area contributed by atoms with E-state index in [0.717, 1.165) is 0 Å². The molecule has 4 N–H and O–H groups in total. The van der Waals surface area contributed by atoms with Gasteiger partial charge in [0.25, 0.3) is 0 Å². The van der Waals surface area contributed by atoms with Gasteiger partial charge in [0.2, 0.25) is 5.91 Å². The van der Waals surface area contributed by atoms with Gasteiger partial charge < -0.3 is 16.2 Å². The number of aliphatic carboxylic acids is 1. The Kier molecular flexibility index (Phi) is 5.86. The van der Waals surface area contributed by atoms with E-state index >= 15 is 0 Å². The Bertz CT molecular complexity index is 286. The van der Waals surface area contributed by atoms with Crippen LogP contribution in [-0.2, 0) is 9.59 Å². The molecule has 5 nitrogen and oxygen atoms in total. The minimum absolute atomic E-state index is 0.262. The number of carboxylic acid groups (broad SMARTS) is 1. The first-order valence-electron chi connectivity index (χ1n) is 4.58. The van der Waals surface area contributed by atoms with Crippen molar-refractivity contribution < 1.29 is 32.3 Å². The van der Waals surface area contributed by atoms with E-state index in [9.17, 15) is 27.2 Å². The van der Waals surface area contributed by atoms with Gasteiger partial charge in [0.15, 0.2) is 0 Å². The molecule has 9 heteroatoms. The highest BCUT2D eigenvalue weighted by molar-refractivity contribution is 5.82. The van der Waals surface area contributed by atoms with Crippen molar-refractivity contribution in [2.45, 2.75) is 31.2 Å². The Hall–Kier alpha value is -1.38. The monoisotopic (exact) mass is 260 g/mol. The molecule has 100 valence electrons. The molecule has 17 heavy (non-hydrogen) atoms. The third-order valence-electron chi connectivity index (χ3n) is 1.82. The van der Waals surface area contributed by atoms with Crippen LogP contribution in [-0.4, -0.2) is 41.9 Å². The molecule has 1 atom stereocenters. The predicted molar refractivity (Wildman–Crippen MR) is 48.8 cm³/mol. The maximum atomic E-state index is 12.4. The van der Waals surface area contributed by atoms with Crippen molar-refractivity contribution in [3.63, 3.8) is 0 Å². The van der Waals surface area contributed by atoms with Gasteiger partial charge in [-0.1, -0.05) is 0 Å². The number of nitrogens with one attached hydrogen (secondary N) is 1. The number of carbonyl (C=O) groups excluding carboxylic acids is 1. The molecular weight excluding hydrogens is 248 g/mol. The van der Waals surface area contributed by atoms with Gasteiger partial charge in [-0.15, -0.1) is 0 Å². The van der Waals surface area contributed by atoms with Crippen LogP contribution in [0.5, 0.6) is 0 Å². The Morgan fingerprint density at radius 3 is 2.29 bits per heavy atom. The number of carbonyl (C=O) groups is 2. The molecule has 0 bridgehead atoms. The first-order chi connectivity index (χ1) is 7.66. The van der Waals surface area contributed by atoms with Crippen molar-refractivity contribution in [2.24, 2.45) is 5.73 Å². The molecule has 0 aromatic rings. The Labute approximate surface area is 94.0 Å². The average molecular weight is 260 g/mol. The fourth-order valence-corrected chi connectivity index (χ4v) is 0.823. The summed E-state index contributed by atoms with van der Waals surface area (Å²) in [6, 6.07) is -1.32. The smallest absolute Gasteiger partial charge is 0.324 e. The van der Waals surface area contributed by atoms with Gasteiger partial charge in [0.05, 0.1) is 12.6 Å². The topological polar surface area (TPSA) is 92.4 Å². The van der Waals surface area contributed by atoms with E-state index in [1.54, 1.807) is 5.32 Å². The Balaban J connectivity index is 4.05. The number of hydrogen-bond acceptors (Lipinski definition) is 3. The van der Waals surface area contributed by atoms with Gasteiger partial charge in [0, 0.05) is 6.42 Å². The standard InChI is InChI=1S/C8H12F4N2O3/c9-7(10)8(11,12)3-14-6(17)4(13)1-2-5(15)16/h4,7H,1-3,13H2,(H,14,17)(H,15,16). The number of rotatable bonds is 7. The Morgan fingerprint density at radius 2 is 1.88 bits per heavy atom. The SMILES string of the molecule is NC(CCC(=O)O)C(=O)NCC(F)(F)C(F)F. The lowest BCUT2D eigenvalue weighted by Gasteiger charge is -2.17. The fraction of sp³-hybridized carbons (Fsp3) is 0.750. The lowest BCUT2D eigenvalue weighted by atomic mass is 10.1. The van der Waals surface area contributed by atoms with Crippen LogP contribution < -0.4 is 11.1 Å². The lowest BCUT2D eigenvalue weighted by Crippen LogP contribution is -2.47. The Morgan fingerprint density at radius 1 is 1.35 bits per heavy atom. The van der Waals surface area contributed by atoms with Crippen LogP contribution in [0.25, 0.3) is 0 Å². The maximum Gasteiger partial charge on any atom is 0.324 e. The van der Waals surface area contributed by atoms with E-state index in [2.05, 4.69) is 0 Å². The second-order valence-electron chi connectivity index (χ2n) is 3.32. The number of hydrogen-bond donors (Lipinski definition) is 3. The second kappa shape index (κ2) is 6.38. The first-order valence-corrected chi connectivity index (χ1v) is 4.58. The minimum atomic E-state index is -4.33. The quantitative estimate of drug-likeness (QED) is 0.570. The molecule has 0 aliphatic heterocycles. The molecule has 0 fully saturated rings. The van der Waals surface area contributed by atoms with Gasteiger partial charge in [-0.25, -0.2) is 8.78 Å². The summed E-state index contributed by atoms with van der Waals surface area (Å²) < 4.78 is 48.2. The highest BCUT2D eigenvalue weighted by atomic mass is 19.3. The molecule has 0 saturated carbocycles. The largest absolute Gasteiger partial charge is 0.481 e. The molecule has 0 rings (SSSR count). The van der Waals surface area contributed by atoms with Crippen molar-refractivity contribution in [1.82, 2.24) is 5.32 Å². The summed E-state index contributed by atoms with van der Waals surface area (Å²) in [5, 5.41) is 9.81. The van der Waals surface area contributed by atoms with Gasteiger partial charge in [-0.05, 0) is 6.42 Å². The number of alkyl halides is 4. The summed E-state index contributed by atoms with van der Waals surface area (Å²) in [5.74, 6) is -6.62.